The summed E-state index contributed by atoms with van der Waals surface area (Å²) >= 11 is 10.7. The predicted octanol–water partition coefficient (Wildman–Crippen LogP) is 5.59. The number of hydrazone groups is 1. The van der Waals surface area contributed by atoms with E-state index in [4.69, 9.17) is 11.6 Å². The Balaban J connectivity index is 1.49. The number of thioether (sulfide) groups is 1. The fourth-order valence-electron chi connectivity index (χ4n) is 2.89. The van der Waals surface area contributed by atoms with Gasteiger partial charge in [0.15, 0.2) is 11.0 Å². The molecule has 0 radical (unpaired) electrons. The maximum atomic E-state index is 12.3. The second-order valence-corrected chi connectivity index (χ2v) is 8.92. The molecule has 6 nitrogen and oxygen atoms in total. The third-order valence-corrected chi connectivity index (χ3v) is 6.03. The Morgan fingerprint density at radius 1 is 1.06 bits per heavy atom. The van der Waals surface area contributed by atoms with Crippen molar-refractivity contribution in [1.29, 1.82) is 0 Å². The highest BCUT2D eigenvalue weighted by atomic mass is 79.9. The molecule has 1 amide bonds. The Kier molecular flexibility index (Phi) is 7.36. The van der Waals surface area contributed by atoms with Gasteiger partial charge in [-0.25, -0.2) is 5.43 Å². The van der Waals surface area contributed by atoms with Crippen molar-refractivity contribution in [2.24, 2.45) is 5.10 Å². The second-order valence-electron chi connectivity index (χ2n) is 6.62. The summed E-state index contributed by atoms with van der Waals surface area (Å²) in [6.07, 6.45) is 1.55. The number of benzene rings is 3. The van der Waals surface area contributed by atoms with Crippen molar-refractivity contribution in [2.45, 2.75) is 5.16 Å². The summed E-state index contributed by atoms with van der Waals surface area (Å²) in [5.41, 5.74) is 5.17. The molecule has 0 bridgehead atoms. The number of amides is 1. The third kappa shape index (κ3) is 5.64. The lowest BCUT2D eigenvalue weighted by atomic mass is 10.2. The normalized spacial score (nSPS) is 11.1. The lowest BCUT2D eigenvalue weighted by Gasteiger charge is -2.10. The van der Waals surface area contributed by atoms with Gasteiger partial charge in [0.05, 0.1) is 12.0 Å². The van der Waals surface area contributed by atoms with Crippen molar-refractivity contribution in [2.75, 3.05) is 5.75 Å². The van der Waals surface area contributed by atoms with Crippen molar-refractivity contribution < 1.29 is 4.79 Å². The molecule has 0 aliphatic heterocycles. The molecule has 0 aliphatic rings. The van der Waals surface area contributed by atoms with E-state index >= 15 is 0 Å². The number of para-hydroxylation sites is 1. The van der Waals surface area contributed by atoms with Crippen LogP contribution in [0, 0.1) is 0 Å². The third-order valence-electron chi connectivity index (χ3n) is 4.33. The van der Waals surface area contributed by atoms with Gasteiger partial charge >= 0.3 is 0 Å². The fraction of sp³-hybridized carbons (Fsp3) is 0.0435. The maximum Gasteiger partial charge on any atom is 0.250 e. The summed E-state index contributed by atoms with van der Waals surface area (Å²) in [5.74, 6) is 0.588. The van der Waals surface area contributed by atoms with E-state index in [-0.39, 0.29) is 11.7 Å². The quantitative estimate of drug-likeness (QED) is 0.193. The Hall–Kier alpha value is -2.94. The molecule has 1 aromatic heterocycles. The van der Waals surface area contributed by atoms with Crippen molar-refractivity contribution >= 4 is 51.4 Å². The predicted molar refractivity (Wildman–Crippen MR) is 132 cm³/mol. The van der Waals surface area contributed by atoms with Crippen LogP contribution in [0.2, 0.25) is 5.02 Å². The van der Waals surface area contributed by atoms with Gasteiger partial charge in [-0.1, -0.05) is 81.8 Å². The van der Waals surface area contributed by atoms with E-state index in [0.29, 0.717) is 16.0 Å². The minimum atomic E-state index is -0.249. The van der Waals surface area contributed by atoms with Gasteiger partial charge in [-0.3, -0.25) is 9.36 Å². The molecule has 0 unspecified atom stereocenters. The second kappa shape index (κ2) is 10.6. The highest BCUT2D eigenvalue weighted by Crippen LogP contribution is 2.28. The van der Waals surface area contributed by atoms with Crippen molar-refractivity contribution in [3.05, 3.63) is 93.9 Å². The summed E-state index contributed by atoms with van der Waals surface area (Å²) in [4.78, 5) is 12.3. The van der Waals surface area contributed by atoms with E-state index in [2.05, 4.69) is 36.7 Å². The number of hydrogen-bond acceptors (Lipinski definition) is 5. The Bertz CT molecular complexity index is 1240. The fourth-order valence-corrected chi connectivity index (χ4v) is 4.09. The van der Waals surface area contributed by atoms with E-state index in [1.165, 1.54) is 11.8 Å². The zero-order valence-electron chi connectivity index (χ0n) is 16.7. The highest BCUT2D eigenvalue weighted by molar-refractivity contribution is 9.10. The van der Waals surface area contributed by atoms with Gasteiger partial charge in [-0.05, 0) is 42.0 Å². The molecular weight excluding hydrogens is 510 g/mol. The number of rotatable bonds is 7. The molecule has 0 atom stereocenters. The van der Waals surface area contributed by atoms with Crippen molar-refractivity contribution in [3.8, 4) is 17.1 Å². The molecule has 160 valence electrons. The molecule has 4 rings (SSSR count). The lowest BCUT2D eigenvalue weighted by molar-refractivity contribution is -0.118. The largest absolute Gasteiger partial charge is 0.272 e. The van der Waals surface area contributed by atoms with Crippen LogP contribution in [-0.2, 0) is 4.79 Å². The number of carbonyl (C=O) groups is 1. The van der Waals surface area contributed by atoms with Crippen molar-refractivity contribution in [3.63, 3.8) is 0 Å². The van der Waals surface area contributed by atoms with Gasteiger partial charge in [-0.15, -0.1) is 10.2 Å². The lowest BCUT2D eigenvalue weighted by Crippen LogP contribution is -2.20. The first-order valence-electron chi connectivity index (χ1n) is 9.57. The van der Waals surface area contributed by atoms with Crippen LogP contribution in [0.15, 0.2) is 93.6 Å². The van der Waals surface area contributed by atoms with Gasteiger partial charge in [0, 0.05) is 20.7 Å². The molecule has 3 aromatic carbocycles. The number of halogens is 2. The van der Waals surface area contributed by atoms with Gasteiger partial charge in [-0.2, -0.15) is 5.10 Å². The van der Waals surface area contributed by atoms with Crippen LogP contribution in [0.25, 0.3) is 17.1 Å². The molecule has 0 fully saturated rings. The van der Waals surface area contributed by atoms with E-state index in [9.17, 15) is 4.79 Å². The molecule has 0 spiro atoms. The summed E-state index contributed by atoms with van der Waals surface area (Å²) in [6.45, 7) is 0. The van der Waals surface area contributed by atoms with Crippen LogP contribution >= 0.6 is 39.3 Å². The highest BCUT2D eigenvalue weighted by Gasteiger charge is 2.17. The smallest absolute Gasteiger partial charge is 0.250 e. The topological polar surface area (TPSA) is 72.2 Å². The summed E-state index contributed by atoms with van der Waals surface area (Å²) in [6, 6.07) is 24.9. The van der Waals surface area contributed by atoms with E-state index < -0.39 is 0 Å². The number of nitrogens with zero attached hydrogens (tertiary/aromatic N) is 4. The minimum Gasteiger partial charge on any atom is -0.272 e. The summed E-state index contributed by atoms with van der Waals surface area (Å²) in [5, 5.41) is 13.9. The maximum absolute atomic E-state index is 12.3. The molecule has 0 saturated heterocycles. The molecule has 32 heavy (non-hydrogen) atoms. The van der Waals surface area contributed by atoms with E-state index in [1.54, 1.807) is 18.3 Å². The van der Waals surface area contributed by atoms with Crippen LogP contribution in [-0.4, -0.2) is 32.6 Å². The summed E-state index contributed by atoms with van der Waals surface area (Å²) < 4.78 is 2.92. The average Bonchev–Trinajstić information content (AvgIpc) is 3.23. The molecule has 4 aromatic rings. The van der Waals surface area contributed by atoms with E-state index in [1.807, 2.05) is 71.3 Å². The Morgan fingerprint density at radius 2 is 1.84 bits per heavy atom. The van der Waals surface area contributed by atoms with Gasteiger partial charge in [0.25, 0.3) is 5.91 Å². The van der Waals surface area contributed by atoms with E-state index in [0.717, 1.165) is 21.3 Å². The Morgan fingerprint density at radius 3 is 2.59 bits per heavy atom. The van der Waals surface area contributed by atoms with Crippen LogP contribution in [0.5, 0.6) is 0 Å². The zero-order valence-corrected chi connectivity index (χ0v) is 19.8. The van der Waals surface area contributed by atoms with Crippen LogP contribution in [0.3, 0.4) is 0 Å². The minimum absolute atomic E-state index is 0.137. The molecule has 9 heteroatoms. The standard InChI is InChI=1S/C23H17BrClN5OS/c24-18-11-9-17(10-12-18)22-28-29-23(30(22)20-7-2-1-3-8-20)32-15-21(31)27-26-14-16-5-4-6-19(25)13-16/h1-14H,15H2,(H,27,31). The van der Waals surface area contributed by atoms with Gasteiger partial charge in [0.1, 0.15) is 0 Å². The first-order chi connectivity index (χ1) is 15.6. The molecule has 0 aliphatic carbocycles. The number of nitrogens with one attached hydrogen (secondary N) is 1. The number of hydrogen-bond donors (Lipinski definition) is 1. The van der Waals surface area contributed by atoms with Crippen molar-refractivity contribution in [1.82, 2.24) is 20.2 Å². The van der Waals surface area contributed by atoms with Gasteiger partial charge < -0.3 is 0 Å². The molecule has 1 heterocycles. The average molecular weight is 527 g/mol. The van der Waals surface area contributed by atoms with Crippen LogP contribution < -0.4 is 5.43 Å². The summed E-state index contributed by atoms with van der Waals surface area (Å²) in [7, 11) is 0. The van der Waals surface area contributed by atoms with Crippen LogP contribution in [0.1, 0.15) is 5.56 Å². The molecular formula is C23H17BrClN5OS. The monoisotopic (exact) mass is 525 g/mol. The molecule has 1 N–H and O–H groups in total. The first-order valence-corrected chi connectivity index (χ1v) is 11.7. The zero-order chi connectivity index (χ0) is 22.3. The molecule has 0 saturated carbocycles. The SMILES string of the molecule is O=C(CSc1nnc(-c2ccc(Br)cc2)n1-c1ccccc1)NN=Cc1cccc(Cl)c1. The van der Waals surface area contributed by atoms with Gasteiger partial charge in [0.2, 0.25) is 0 Å². The number of carbonyl (C=O) groups excluding carboxylic acids is 1. The number of aromatic nitrogens is 3. The first kappa shape index (κ1) is 22.3. The van der Waals surface area contributed by atoms with Crippen LogP contribution in [0.4, 0.5) is 0 Å². The Labute approximate surface area is 202 Å².